The Labute approximate surface area is 233 Å². The van der Waals surface area contributed by atoms with Gasteiger partial charge in [0.2, 0.25) is 0 Å². The van der Waals surface area contributed by atoms with Crippen LogP contribution in [0, 0.1) is 17.8 Å². The minimum absolute atomic E-state index is 0.0483. The largest absolute Gasteiger partial charge is 0.496 e. The van der Waals surface area contributed by atoms with Crippen LogP contribution in [-0.2, 0) is 14.9 Å². The molecule has 2 aromatic rings. The van der Waals surface area contributed by atoms with E-state index >= 15 is 0 Å². The summed E-state index contributed by atoms with van der Waals surface area (Å²) in [6.07, 6.45) is 2.82. The predicted octanol–water partition coefficient (Wildman–Crippen LogP) is 7.44. The van der Waals surface area contributed by atoms with E-state index in [0.717, 1.165) is 10.6 Å². The van der Waals surface area contributed by atoms with Crippen molar-refractivity contribution in [2.75, 3.05) is 7.11 Å². The van der Waals surface area contributed by atoms with E-state index in [-0.39, 0.29) is 41.1 Å². The molecule has 0 N–H and O–H groups in total. The van der Waals surface area contributed by atoms with Crippen molar-refractivity contribution in [1.29, 1.82) is 0 Å². The molecule has 1 aliphatic heterocycles. The van der Waals surface area contributed by atoms with Crippen LogP contribution in [0.25, 0.3) is 0 Å². The molecule has 6 nitrogen and oxygen atoms in total. The molecule has 0 radical (unpaired) electrons. The van der Waals surface area contributed by atoms with Crippen molar-refractivity contribution in [1.82, 2.24) is 9.88 Å². The molecule has 38 heavy (non-hydrogen) atoms. The molecular weight excluding hydrogens is 496 g/mol. The van der Waals surface area contributed by atoms with Crippen LogP contribution in [0.1, 0.15) is 109 Å². The van der Waals surface area contributed by atoms with E-state index in [2.05, 4.69) is 53.5 Å². The van der Waals surface area contributed by atoms with Gasteiger partial charge < -0.3 is 14.4 Å². The zero-order valence-electron chi connectivity index (χ0n) is 25.0. The lowest BCUT2D eigenvalue weighted by molar-refractivity contribution is -0.168. The molecule has 1 saturated heterocycles. The Kier molecular flexibility index (Phi) is 8.72. The summed E-state index contributed by atoms with van der Waals surface area (Å²) in [6, 6.07) is 5.32. The minimum Gasteiger partial charge on any atom is -0.496 e. The van der Waals surface area contributed by atoms with Crippen LogP contribution < -0.4 is 4.74 Å². The van der Waals surface area contributed by atoms with Crippen LogP contribution in [0.4, 0.5) is 0 Å². The van der Waals surface area contributed by atoms with Gasteiger partial charge >= 0.3 is 5.97 Å². The fourth-order valence-corrected chi connectivity index (χ4v) is 6.53. The Morgan fingerprint density at radius 3 is 2.26 bits per heavy atom. The van der Waals surface area contributed by atoms with E-state index in [9.17, 15) is 9.59 Å². The molecule has 1 amide bonds. The highest BCUT2D eigenvalue weighted by Gasteiger charge is 2.61. The third kappa shape index (κ3) is 6.08. The second-order valence-electron chi connectivity index (χ2n) is 13.4. The third-order valence-electron chi connectivity index (χ3n) is 7.28. The van der Waals surface area contributed by atoms with Crippen LogP contribution in [-0.4, -0.2) is 40.0 Å². The zero-order valence-corrected chi connectivity index (χ0v) is 25.9. The van der Waals surface area contributed by atoms with E-state index in [1.807, 2.05) is 49.3 Å². The number of aromatic nitrogens is 1. The van der Waals surface area contributed by atoms with Crippen LogP contribution in [0.5, 0.6) is 5.75 Å². The molecule has 210 valence electrons. The quantitative estimate of drug-likeness (QED) is 0.340. The number of rotatable bonds is 7. The van der Waals surface area contributed by atoms with E-state index in [1.54, 1.807) is 13.3 Å². The number of amides is 1. The maximum Gasteiger partial charge on any atom is 0.332 e. The first-order chi connectivity index (χ1) is 17.5. The van der Waals surface area contributed by atoms with Gasteiger partial charge in [0, 0.05) is 17.1 Å². The van der Waals surface area contributed by atoms with Crippen molar-refractivity contribution in [2.24, 2.45) is 17.8 Å². The number of hydrogen-bond donors (Lipinski definition) is 0. The summed E-state index contributed by atoms with van der Waals surface area (Å²) in [7, 11) is 1.63. The maximum atomic E-state index is 14.7. The molecule has 7 heteroatoms. The van der Waals surface area contributed by atoms with Crippen LogP contribution in [0.3, 0.4) is 0 Å². The first-order valence-electron chi connectivity index (χ1n) is 13.7. The number of methoxy groups -OCH3 is 1. The van der Waals surface area contributed by atoms with Crippen molar-refractivity contribution in [2.45, 2.75) is 105 Å². The number of benzene rings is 1. The number of carbonyl (C=O) groups is 2. The Morgan fingerprint density at radius 1 is 1.13 bits per heavy atom. The van der Waals surface area contributed by atoms with Crippen LogP contribution in [0.2, 0.25) is 0 Å². The fourth-order valence-electron chi connectivity index (χ4n) is 5.73. The first kappa shape index (κ1) is 30.1. The number of hydrogen-bond acceptors (Lipinski definition) is 6. The molecule has 0 aliphatic carbocycles. The molecular formula is C31H46N2O4S. The number of likely N-dealkylation sites (tertiary alicyclic amines) is 1. The Morgan fingerprint density at radius 2 is 1.79 bits per heavy atom. The van der Waals surface area contributed by atoms with E-state index in [0.29, 0.717) is 24.2 Å². The average Bonchev–Trinajstić information content (AvgIpc) is 3.42. The lowest BCUT2D eigenvalue weighted by atomic mass is 9.80. The third-order valence-corrected chi connectivity index (χ3v) is 8.13. The van der Waals surface area contributed by atoms with Gasteiger partial charge in [-0.2, -0.15) is 0 Å². The summed E-state index contributed by atoms with van der Waals surface area (Å²) in [4.78, 5) is 35.3. The first-order valence-corrected chi connectivity index (χ1v) is 14.5. The van der Waals surface area contributed by atoms with Gasteiger partial charge in [-0.15, -0.1) is 11.3 Å². The van der Waals surface area contributed by atoms with E-state index < -0.39 is 11.1 Å². The van der Waals surface area contributed by atoms with Gasteiger partial charge in [0.25, 0.3) is 5.91 Å². The van der Waals surface area contributed by atoms with E-state index in [1.165, 1.54) is 11.3 Å². The highest BCUT2D eigenvalue weighted by Crippen LogP contribution is 2.54. The summed E-state index contributed by atoms with van der Waals surface area (Å²) in [5, 5.41) is 2.79. The fraction of sp³-hybridized carbons (Fsp3) is 0.645. The predicted molar refractivity (Wildman–Crippen MR) is 154 cm³/mol. The van der Waals surface area contributed by atoms with Crippen molar-refractivity contribution in [3.05, 3.63) is 45.9 Å². The molecule has 1 aliphatic rings. The zero-order chi connectivity index (χ0) is 28.6. The van der Waals surface area contributed by atoms with Gasteiger partial charge in [0.15, 0.2) is 0 Å². The van der Waals surface area contributed by atoms with Gasteiger partial charge in [-0.05, 0) is 74.5 Å². The van der Waals surface area contributed by atoms with Crippen LogP contribution in [0.15, 0.2) is 29.8 Å². The minimum atomic E-state index is -1.11. The monoisotopic (exact) mass is 542 g/mol. The average molecular weight is 543 g/mol. The summed E-state index contributed by atoms with van der Waals surface area (Å²) < 4.78 is 11.8. The van der Waals surface area contributed by atoms with E-state index in [4.69, 9.17) is 9.47 Å². The molecule has 0 saturated carbocycles. The summed E-state index contributed by atoms with van der Waals surface area (Å²) in [6.45, 7) is 20.5. The molecule has 0 unspecified atom stereocenters. The normalized spacial score (nSPS) is 22.3. The number of carbonyl (C=O) groups excluding carboxylic acids is 2. The van der Waals surface area contributed by atoms with Gasteiger partial charge in [-0.25, -0.2) is 9.78 Å². The van der Waals surface area contributed by atoms with Gasteiger partial charge in [0.05, 0.1) is 13.2 Å². The molecule has 3 atom stereocenters. The number of nitrogens with zero attached hydrogens (tertiary/aromatic N) is 2. The number of ether oxygens (including phenoxy) is 2. The van der Waals surface area contributed by atoms with Crippen molar-refractivity contribution >= 4 is 23.2 Å². The molecule has 3 rings (SSSR count). The summed E-state index contributed by atoms with van der Waals surface area (Å²) in [5.74, 6) is 0.577. The SMILES string of the molecule is COc1cc(C(=O)N2[C@@H](c3nccs3)[C@H](C(C)C)C[C@@]2(CC(C)C)C(=O)OC(C)(C)C)ccc1C(C)(C)C. The molecule has 2 heterocycles. The van der Waals surface area contributed by atoms with Gasteiger partial charge in [-0.1, -0.05) is 54.5 Å². The second kappa shape index (κ2) is 11.0. The lowest BCUT2D eigenvalue weighted by Crippen LogP contribution is -2.56. The number of esters is 1. The van der Waals surface area contributed by atoms with Crippen molar-refractivity contribution in [3.8, 4) is 5.75 Å². The number of thiazole rings is 1. The van der Waals surface area contributed by atoms with Crippen molar-refractivity contribution in [3.63, 3.8) is 0 Å². The van der Waals surface area contributed by atoms with Gasteiger partial charge in [0.1, 0.15) is 21.9 Å². The molecule has 1 fully saturated rings. The Hall–Kier alpha value is -2.41. The molecule has 1 aromatic carbocycles. The highest BCUT2D eigenvalue weighted by molar-refractivity contribution is 7.09. The standard InChI is InChI=1S/C31H46N2O4S/c1-19(2)17-31(28(35)37-30(8,9)10)18-22(20(3)4)25(26-32-14-15-38-26)33(31)27(34)21-12-13-23(29(5,6)7)24(16-21)36-11/h12-16,19-20,22,25H,17-18H2,1-11H3/t22-,25+,31-/m0/s1. The lowest BCUT2D eigenvalue weighted by Gasteiger charge is -2.41. The Balaban J connectivity index is 2.27. The summed E-state index contributed by atoms with van der Waals surface area (Å²) >= 11 is 1.53. The molecule has 0 spiro atoms. The van der Waals surface area contributed by atoms with Gasteiger partial charge in [-0.3, -0.25) is 4.79 Å². The molecule has 1 aromatic heterocycles. The Bertz CT molecular complexity index is 1130. The smallest absolute Gasteiger partial charge is 0.332 e. The van der Waals surface area contributed by atoms with Crippen LogP contribution >= 0.6 is 11.3 Å². The topological polar surface area (TPSA) is 68.7 Å². The maximum absolute atomic E-state index is 14.7. The highest BCUT2D eigenvalue weighted by atomic mass is 32.1. The second-order valence-corrected chi connectivity index (χ2v) is 14.3. The summed E-state index contributed by atoms with van der Waals surface area (Å²) in [5.41, 5.74) is -0.419. The van der Waals surface area contributed by atoms with Crippen molar-refractivity contribution < 1.29 is 19.1 Å². The molecule has 0 bridgehead atoms.